The van der Waals surface area contributed by atoms with Gasteiger partial charge in [-0.15, -0.1) is 0 Å². The van der Waals surface area contributed by atoms with Crippen LogP contribution in [0.3, 0.4) is 0 Å². The van der Waals surface area contributed by atoms with Crippen molar-refractivity contribution in [3.05, 3.63) is 29.8 Å². The van der Waals surface area contributed by atoms with Gasteiger partial charge in [-0.1, -0.05) is 70.6 Å². The molecule has 3 nitrogen and oxygen atoms in total. The van der Waals surface area contributed by atoms with Gasteiger partial charge in [0.05, 0.1) is 6.10 Å². The second kappa shape index (κ2) is 12.4. The molecule has 2 unspecified atom stereocenters. The largest absolute Gasteiger partial charge is 0.508 e. The topological polar surface area (TPSA) is 38.7 Å². The van der Waals surface area contributed by atoms with Crippen LogP contribution < -0.4 is 0 Å². The monoisotopic (exact) mass is 322 g/mol. The number of unbranched alkanes of at least 4 members (excludes halogenated alkanes) is 5. The first-order valence-electron chi connectivity index (χ1n) is 9.27. The summed E-state index contributed by atoms with van der Waals surface area (Å²) in [5.41, 5.74) is 0.874. The Balaban J connectivity index is 2.60. The maximum atomic E-state index is 10.1. The van der Waals surface area contributed by atoms with E-state index in [0.717, 1.165) is 24.8 Å². The molecule has 0 bridgehead atoms. The number of hydrogen-bond donors (Lipinski definition) is 1. The second-order valence-corrected chi connectivity index (χ2v) is 6.03. The molecule has 1 aromatic rings. The first kappa shape index (κ1) is 20.0. The Morgan fingerprint density at radius 3 is 2.30 bits per heavy atom. The van der Waals surface area contributed by atoms with E-state index in [2.05, 4.69) is 13.8 Å². The number of aromatic hydroxyl groups is 1. The highest BCUT2D eigenvalue weighted by atomic mass is 16.7. The fourth-order valence-electron chi connectivity index (χ4n) is 2.79. The van der Waals surface area contributed by atoms with Crippen LogP contribution in [0.15, 0.2) is 24.3 Å². The molecule has 2 atom stereocenters. The molecule has 0 aliphatic rings. The van der Waals surface area contributed by atoms with Crippen molar-refractivity contribution in [2.45, 2.75) is 84.5 Å². The highest BCUT2D eigenvalue weighted by molar-refractivity contribution is 5.33. The molecule has 0 fully saturated rings. The summed E-state index contributed by atoms with van der Waals surface area (Å²) in [4.78, 5) is 0. The molecule has 0 amide bonds. The Kier molecular flexibility index (Phi) is 10.8. The van der Waals surface area contributed by atoms with E-state index in [0.29, 0.717) is 12.4 Å². The van der Waals surface area contributed by atoms with Crippen molar-refractivity contribution in [2.75, 3.05) is 6.61 Å². The minimum Gasteiger partial charge on any atom is -0.508 e. The summed E-state index contributed by atoms with van der Waals surface area (Å²) in [5.74, 6) is 0.315. The summed E-state index contributed by atoms with van der Waals surface area (Å²) in [6.07, 6.45) is 8.96. The van der Waals surface area contributed by atoms with E-state index in [1.54, 1.807) is 6.07 Å². The highest BCUT2D eigenvalue weighted by Gasteiger charge is 2.20. The quantitative estimate of drug-likeness (QED) is 0.359. The van der Waals surface area contributed by atoms with Crippen LogP contribution in [0.25, 0.3) is 0 Å². The second-order valence-electron chi connectivity index (χ2n) is 6.03. The van der Waals surface area contributed by atoms with E-state index in [9.17, 15) is 5.11 Å². The summed E-state index contributed by atoms with van der Waals surface area (Å²) in [6.45, 7) is 6.92. The predicted molar refractivity (Wildman–Crippen MR) is 95.6 cm³/mol. The van der Waals surface area contributed by atoms with Gasteiger partial charge in [0, 0.05) is 12.2 Å². The lowest BCUT2D eigenvalue weighted by molar-refractivity contribution is -0.173. The Morgan fingerprint density at radius 2 is 1.65 bits per heavy atom. The molecule has 0 aromatic heterocycles. The molecular formula is C20H34O3. The third-order valence-corrected chi connectivity index (χ3v) is 4.11. The van der Waals surface area contributed by atoms with E-state index in [4.69, 9.17) is 9.47 Å². The zero-order valence-corrected chi connectivity index (χ0v) is 15.1. The molecule has 0 saturated heterocycles. The summed E-state index contributed by atoms with van der Waals surface area (Å²) in [6, 6.07) is 7.49. The molecule has 0 radical (unpaired) electrons. The predicted octanol–water partition coefficient (Wildman–Crippen LogP) is 5.97. The van der Waals surface area contributed by atoms with Gasteiger partial charge in [0.1, 0.15) is 5.75 Å². The average molecular weight is 322 g/mol. The molecule has 23 heavy (non-hydrogen) atoms. The number of phenols is 1. The van der Waals surface area contributed by atoms with Crippen molar-refractivity contribution < 1.29 is 14.6 Å². The molecule has 0 saturated carbocycles. The summed E-state index contributed by atoms with van der Waals surface area (Å²) < 4.78 is 11.8. The first-order valence-corrected chi connectivity index (χ1v) is 9.27. The van der Waals surface area contributed by atoms with Crippen molar-refractivity contribution in [3.63, 3.8) is 0 Å². The third kappa shape index (κ3) is 7.85. The molecule has 0 aliphatic carbocycles. The van der Waals surface area contributed by atoms with Gasteiger partial charge >= 0.3 is 0 Å². The van der Waals surface area contributed by atoms with Crippen molar-refractivity contribution in [3.8, 4) is 5.75 Å². The Bertz CT molecular complexity index is 406. The van der Waals surface area contributed by atoms with Gasteiger partial charge in [-0.2, -0.15) is 0 Å². The first-order chi connectivity index (χ1) is 11.2. The average Bonchev–Trinajstić information content (AvgIpc) is 2.56. The molecular weight excluding hydrogens is 288 g/mol. The lowest BCUT2D eigenvalue weighted by Gasteiger charge is -2.25. The summed E-state index contributed by atoms with van der Waals surface area (Å²) in [7, 11) is 0. The molecule has 3 heteroatoms. The van der Waals surface area contributed by atoms with Gasteiger partial charge < -0.3 is 14.6 Å². The Hall–Kier alpha value is -1.06. The van der Waals surface area contributed by atoms with Crippen molar-refractivity contribution in [1.29, 1.82) is 0 Å². The van der Waals surface area contributed by atoms with Crippen LogP contribution in [-0.4, -0.2) is 18.0 Å². The minimum absolute atomic E-state index is 0.0983. The van der Waals surface area contributed by atoms with Gasteiger partial charge in [0.25, 0.3) is 0 Å². The molecule has 1 aromatic carbocycles. The standard InChI is InChI=1S/C20H34O3/c1-4-7-8-9-10-11-16-19(23-20(5-2)22-6-3)17-14-12-13-15-18(17)21/h12-15,19-21H,4-11,16H2,1-3H3. The van der Waals surface area contributed by atoms with Gasteiger partial charge in [-0.3, -0.25) is 0 Å². The van der Waals surface area contributed by atoms with Crippen LogP contribution in [0.4, 0.5) is 0 Å². The van der Waals surface area contributed by atoms with Gasteiger partial charge in [-0.25, -0.2) is 0 Å². The molecule has 0 aliphatic heterocycles. The van der Waals surface area contributed by atoms with Gasteiger partial charge in [0.15, 0.2) is 6.29 Å². The molecule has 1 N–H and O–H groups in total. The fourth-order valence-corrected chi connectivity index (χ4v) is 2.79. The van der Waals surface area contributed by atoms with Crippen molar-refractivity contribution in [1.82, 2.24) is 0 Å². The summed E-state index contributed by atoms with van der Waals surface area (Å²) >= 11 is 0. The lowest BCUT2D eigenvalue weighted by atomic mass is 10.0. The van der Waals surface area contributed by atoms with Gasteiger partial charge in [0.2, 0.25) is 0 Å². The number of phenolic OH excluding ortho intramolecular Hbond substituents is 1. The zero-order valence-electron chi connectivity index (χ0n) is 15.1. The van der Waals surface area contributed by atoms with E-state index in [1.165, 1.54) is 32.1 Å². The summed E-state index contributed by atoms with van der Waals surface area (Å²) in [5, 5.41) is 10.1. The number of benzene rings is 1. The molecule has 0 heterocycles. The number of para-hydroxylation sites is 1. The SMILES string of the molecule is CCCCCCCCC(OC(CC)OCC)c1ccccc1O. The maximum Gasteiger partial charge on any atom is 0.158 e. The number of hydrogen-bond acceptors (Lipinski definition) is 3. The normalized spacial score (nSPS) is 13.9. The third-order valence-electron chi connectivity index (χ3n) is 4.11. The lowest BCUT2D eigenvalue weighted by Crippen LogP contribution is -2.20. The smallest absolute Gasteiger partial charge is 0.158 e. The van der Waals surface area contributed by atoms with Crippen LogP contribution in [0.5, 0.6) is 5.75 Å². The van der Waals surface area contributed by atoms with Crippen LogP contribution >= 0.6 is 0 Å². The molecule has 1 rings (SSSR count). The van der Waals surface area contributed by atoms with Crippen LogP contribution in [0, 0.1) is 0 Å². The van der Waals surface area contributed by atoms with Crippen LogP contribution in [0.2, 0.25) is 0 Å². The molecule has 132 valence electrons. The van der Waals surface area contributed by atoms with E-state index in [1.807, 2.05) is 25.1 Å². The minimum atomic E-state index is -0.204. The highest BCUT2D eigenvalue weighted by Crippen LogP contribution is 2.32. The Morgan fingerprint density at radius 1 is 0.957 bits per heavy atom. The van der Waals surface area contributed by atoms with E-state index < -0.39 is 0 Å². The zero-order chi connectivity index (χ0) is 16.9. The maximum absolute atomic E-state index is 10.1. The van der Waals surface area contributed by atoms with Crippen LogP contribution in [-0.2, 0) is 9.47 Å². The number of rotatable bonds is 13. The van der Waals surface area contributed by atoms with Gasteiger partial charge in [-0.05, 0) is 25.8 Å². The van der Waals surface area contributed by atoms with Crippen molar-refractivity contribution in [2.24, 2.45) is 0 Å². The van der Waals surface area contributed by atoms with E-state index in [-0.39, 0.29) is 12.4 Å². The fraction of sp³-hybridized carbons (Fsp3) is 0.700. The number of ether oxygens (including phenoxy) is 2. The van der Waals surface area contributed by atoms with Crippen molar-refractivity contribution >= 4 is 0 Å². The molecule has 0 spiro atoms. The van der Waals surface area contributed by atoms with E-state index >= 15 is 0 Å². The van der Waals surface area contributed by atoms with Crippen LogP contribution in [0.1, 0.15) is 83.8 Å². The Labute approximate surface area is 142 Å².